The fourth-order valence-electron chi connectivity index (χ4n) is 1.52. The van der Waals surface area contributed by atoms with Crippen molar-refractivity contribution >= 4 is 34.6 Å². The van der Waals surface area contributed by atoms with Gasteiger partial charge in [-0.2, -0.15) is 0 Å². The largest absolute Gasteiger partial charge is 0.477 e. The summed E-state index contributed by atoms with van der Waals surface area (Å²) in [6.07, 6.45) is 1.47. The zero-order valence-corrected chi connectivity index (χ0v) is 11.1. The van der Waals surface area contributed by atoms with Gasteiger partial charge in [-0.3, -0.25) is 0 Å². The van der Waals surface area contributed by atoms with E-state index in [2.05, 4.69) is 10.3 Å². The molecule has 2 aromatic rings. The van der Waals surface area contributed by atoms with Crippen LogP contribution in [-0.2, 0) is 0 Å². The first-order valence-corrected chi connectivity index (χ1v) is 6.47. The summed E-state index contributed by atoms with van der Waals surface area (Å²) in [5, 5.41) is 12.1. The van der Waals surface area contributed by atoms with Gasteiger partial charge in [-0.1, -0.05) is 11.6 Å². The predicted octanol–water partition coefficient (Wildman–Crippen LogP) is 3.67. The molecule has 1 atom stereocenters. The zero-order valence-electron chi connectivity index (χ0n) is 9.55. The summed E-state index contributed by atoms with van der Waals surface area (Å²) in [4.78, 5) is 15.7. The lowest BCUT2D eigenvalue weighted by Crippen LogP contribution is -2.07. The number of aromatic nitrogens is 1. The van der Waals surface area contributed by atoms with Crippen LogP contribution < -0.4 is 5.32 Å². The molecule has 0 radical (unpaired) electrons. The number of carbonyl (C=O) groups is 1. The van der Waals surface area contributed by atoms with Gasteiger partial charge in [0.05, 0.1) is 10.4 Å². The molecule has 0 fully saturated rings. The van der Waals surface area contributed by atoms with E-state index in [4.69, 9.17) is 16.7 Å². The molecular formula is C12H11ClN2O2S. The topological polar surface area (TPSA) is 62.2 Å². The van der Waals surface area contributed by atoms with E-state index >= 15 is 0 Å². The summed E-state index contributed by atoms with van der Waals surface area (Å²) in [7, 11) is 0. The molecule has 2 N–H and O–H groups in total. The van der Waals surface area contributed by atoms with E-state index in [9.17, 15) is 4.79 Å². The molecule has 18 heavy (non-hydrogen) atoms. The maximum Gasteiger partial charge on any atom is 0.354 e. The Labute approximate surface area is 113 Å². The van der Waals surface area contributed by atoms with Crippen molar-refractivity contribution in [3.8, 4) is 0 Å². The van der Waals surface area contributed by atoms with E-state index in [0.29, 0.717) is 0 Å². The number of pyridine rings is 1. The molecule has 2 rings (SSSR count). The third-order valence-corrected chi connectivity index (χ3v) is 3.80. The maximum absolute atomic E-state index is 10.8. The number of hydrogen-bond donors (Lipinski definition) is 2. The second-order valence-corrected chi connectivity index (χ2v) is 5.49. The molecule has 6 heteroatoms. The second-order valence-electron chi connectivity index (χ2n) is 3.74. The highest BCUT2D eigenvalue weighted by molar-refractivity contribution is 7.16. The van der Waals surface area contributed by atoms with Crippen LogP contribution in [0.1, 0.15) is 28.3 Å². The molecule has 0 aliphatic rings. The Morgan fingerprint density at radius 3 is 2.89 bits per heavy atom. The van der Waals surface area contributed by atoms with Crippen LogP contribution in [0.25, 0.3) is 0 Å². The van der Waals surface area contributed by atoms with Gasteiger partial charge in [-0.15, -0.1) is 11.3 Å². The van der Waals surface area contributed by atoms with Crippen molar-refractivity contribution in [1.82, 2.24) is 4.98 Å². The Balaban J connectivity index is 2.14. The van der Waals surface area contributed by atoms with Gasteiger partial charge in [0.1, 0.15) is 5.69 Å². The molecule has 0 spiro atoms. The van der Waals surface area contributed by atoms with Gasteiger partial charge < -0.3 is 10.4 Å². The number of halogens is 1. The van der Waals surface area contributed by atoms with Crippen LogP contribution in [0.3, 0.4) is 0 Å². The summed E-state index contributed by atoms with van der Waals surface area (Å²) < 4.78 is 0.736. The summed E-state index contributed by atoms with van der Waals surface area (Å²) in [6, 6.07) is 7.09. The van der Waals surface area contributed by atoms with Crippen LogP contribution in [0.2, 0.25) is 4.34 Å². The van der Waals surface area contributed by atoms with Gasteiger partial charge in [0, 0.05) is 16.8 Å². The van der Waals surface area contributed by atoms with Crippen molar-refractivity contribution in [2.75, 3.05) is 5.32 Å². The van der Waals surface area contributed by atoms with Crippen molar-refractivity contribution in [2.24, 2.45) is 0 Å². The standard InChI is InChI=1S/C12H11ClN2O2S/c1-7(10-2-3-11(13)18-10)15-8-4-5-14-9(6-8)12(16)17/h2-7H,1H3,(H,14,15)(H,16,17). The van der Waals surface area contributed by atoms with E-state index in [1.165, 1.54) is 23.6 Å². The molecule has 94 valence electrons. The van der Waals surface area contributed by atoms with E-state index in [-0.39, 0.29) is 11.7 Å². The minimum absolute atomic E-state index is 0.0245. The number of carboxylic acids is 1. The number of hydrogen-bond acceptors (Lipinski definition) is 4. The molecule has 0 aliphatic heterocycles. The molecule has 0 saturated carbocycles. The molecule has 0 amide bonds. The summed E-state index contributed by atoms with van der Waals surface area (Å²) in [5.41, 5.74) is 0.746. The smallest absolute Gasteiger partial charge is 0.354 e. The van der Waals surface area contributed by atoms with Gasteiger partial charge in [0.15, 0.2) is 0 Å². The lowest BCUT2D eigenvalue weighted by Gasteiger charge is -2.13. The minimum Gasteiger partial charge on any atom is -0.477 e. The van der Waals surface area contributed by atoms with Crippen LogP contribution in [0.5, 0.6) is 0 Å². The second kappa shape index (κ2) is 5.37. The monoisotopic (exact) mass is 282 g/mol. The molecule has 2 aromatic heterocycles. The quantitative estimate of drug-likeness (QED) is 0.898. The van der Waals surface area contributed by atoms with Crippen LogP contribution in [0.4, 0.5) is 5.69 Å². The third kappa shape index (κ3) is 3.00. The van der Waals surface area contributed by atoms with Gasteiger partial charge in [0.25, 0.3) is 0 Å². The normalized spacial score (nSPS) is 12.1. The average Bonchev–Trinajstić information content (AvgIpc) is 2.76. The summed E-state index contributed by atoms with van der Waals surface area (Å²) in [6.45, 7) is 1.99. The summed E-state index contributed by atoms with van der Waals surface area (Å²) >= 11 is 7.37. The Kier molecular flexibility index (Phi) is 3.84. The number of carboxylic acid groups (broad SMARTS) is 1. The van der Waals surface area contributed by atoms with Crippen LogP contribution in [0, 0.1) is 0 Å². The van der Waals surface area contributed by atoms with Crippen molar-refractivity contribution in [1.29, 1.82) is 0 Å². The number of nitrogens with zero attached hydrogens (tertiary/aromatic N) is 1. The molecule has 0 aromatic carbocycles. The molecule has 0 bridgehead atoms. The summed E-state index contributed by atoms with van der Waals surface area (Å²) in [5.74, 6) is -1.04. The number of anilines is 1. The van der Waals surface area contributed by atoms with Crippen molar-refractivity contribution in [3.63, 3.8) is 0 Å². The third-order valence-electron chi connectivity index (χ3n) is 2.38. The van der Waals surface area contributed by atoms with Crippen molar-refractivity contribution < 1.29 is 9.90 Å². The highest BCUT2D eigenvalue weighted by Gasteiger charge is 2.10. The SMILES string of the molecule is CC(Nc1ccnc(C(=O)O)c1)c1ccc(Cl)s1. The van der Waals surface area contributed by atoms with Crippen LogP contribution in [-0.4, -0.2) is 16.1 Å². The Morgan fingerprint density at radius 2 is 2.28 bits per heavy atom. The number of nitrogens with one attached hydrogen (secondary N) is 1. The maximum atomic E-state index is 10.8. The average molecular weight is 283 g/mol. The van der Waals surface area contributed by atoms with Crippen molar-refractivity contribution in [2.45, 2.75) is 13.0 Å². The van der Waals surface area contributed by atoms with Crippen LogP contribution >= 0.6 is 22.9 Å². The van der Waals surface area contributed by atoms with Gasteiger partial charge in [-0.25, -0.2) is 9.78 Å². The first kappa shape index (κ1) is 12.9. The Hall–Kier alpha value is -1.59. The minimum atomic E-state index is -1.04. The van der Waals surface area contributed by atoms with E-state index in [0.717, 1.165) is 14.9 Å². The zero-order chi connectivity index (χ0) is 13.1. The molecule has 0 saturated heterocycles. The number of rotatable bonds is 4. The van der Waals surface area contributed by atoms with E-state index < -0.39 is 5.97 Å². The fraction of sp³-hybridized carbons (Fsp3) is 0.167. The Bertz CT molecular complexity index is 571. The van der Waals surface area contributed by atoms with E-state index in [1.807, 2.05) is 19.1 Å². The number of aromatic carboxylic acids is 1. The van der Waals surface area contributed by atoms with Crippen LogP contribution in [0.15, 0.2) is 30.5 Å². The predicted molar refractivity (Wildman–Crippen MR) is 72.6 cm³/mol. The van der Waals surface area contributed by atoms with Crippen molar-refractivity contribution in [3.05, 3.63) is 45.4 Å². The molecule has 0 aliphatic carbocycles. The Morgan fingerprint density at radius 1 is 1.50 bits per heavy atom. The molecular weight excluding hydrogens is 272 g/mol. The molecule has 1 unspecified atom stereocenters. The van der Waals surface area contributed by atoms with Gasteiger partial charge >= 0.3 is 5.97 Å². The molecule has 2 heterocycles. The highest BCUT2D eigenvalue weighted by atomic mass is 35.5. The van der Waals surface area contributed by atoms with Gasteiger partial charge in [-0.05, 0) is 31.2 Å². The lowest BCUT2D eigenvalue weighted by atomic mass is 10.2. The fourth-order valence-corrected chi connectivity index (χ4v) is 2.58. The first-order valence-electron chi connectivity index (χ1n) is 5.27. The van der Waals surface area contributed by atoms with Gasteiger partial charge in [0.2, 0.25) is 0 Å². The van der Waals surface area contributed by atoms with E-state index in [1.54, 1.807) is 6.07 Å². The lowest BCUT2D eigenvalue weighted by molar-refractivity contribution is 0.0690. The molecule has 4 nitrogen and oxygen atoms in total. The number of thiophene rings is 1. The first-order chi connectivity index (χ1) is 8.56. The highest BCUT2D eigenvalue weighted by Crippen LogP contribution is 2.28.